The molecule has 0 spiro atoms. The number of ether oxygens (including phenoxy) is 2. The summed E-state index contributed by atoms with van der Waals surface area (Å²) < 4.78 is 9.23. The van der Waals surface area contributed by atoms with E-state index >= 15 is 0 Å². The number of carbonyl (C=O) groups excluding carboxylic acids is 2. The molecule has 0 radical (unpaired) electrons. The zero-order valence-corrected chi connectivity index (χ0v) is 7.20. The Kier molecular flexibility index (Phi) is 2.68. The van der Waals surface area contributed by atoms with Crippen molar-refractivity contribution in [1.82, 2.24) is 0 Å². The van der Waals surface area contributed by atoms with Gasteiger partial charge < -0.3 is 9.47 Å². The first-order chi connectivity index (χ1) is 5.70. The summed E-state index contributed by atoms with van der Waals surface area (Å²) in [5.74, 6) is -1.10. The first-order valence-corrected chi connectivity index (χ1v) is 3.95. The molecule has 0 heterocycles. The van der Waals surface area contributed by atoms with E-state index in [0.29, 0.717) is 13.0 Å². The maximum Gasteiger partial charge on any atom is 0.309 e. The molecule has 12 heavy (non-hydrogen) atoms. The van der Waals surface area contributed by atoms with Crippen molar-refractivity contribution in [3.8, 4) is 0 Å². The van der Waals surface area contributed by atoms with Crippen LogP contribution in [0.5, 0.6) is 0 Å². The third-order valence-electron chi connectivity index (χ3n) is 1.88. The molecule has 0 aromatic rings. The molecule has 0 aliphatic heterocycles. The Bertz CT molecular complexity index is 199. The van der Waals surface area contributed by atoms with Crippen LogP contribution in [0.1, 0.15) is 13.3 Å². The van der Waals surface area contributed by atoms with Crippen molar-refractivity contribution in [3.05, 3.63) is 0 Å². The Labute approximate surface area is 70.8 Å². The van der Waals surface area contributed by atoms with Crippen LogP contribution in [-0.4, -0.2) is 25.7 Å². The average molecular weight is 172 g/mol. The second-order valence-corrected chi connectivity index (χ2v) is 2.72. The van der Waals surface area contributed by atoms with Gasteiger partial charge >= 0.3 is 11.9 Å². The summed E-state index contributed by atoms with van der Waals surface area (Å²) >= 11 is 0. The van der Waals surface area contributed by atoms with Crippen LogP contribution in [0.4, 0.5) is 0 Å². The molecule has 1 aliphatic rings. The van der Waals surface area contributed by atoms with E-state index in [0.717, 1.165) is 0 Å². The van der Waals surface area contributed by atoms with Crippen LogP contribution in [0.25, 0.3) is 0 Å². The molecule has 2 atom stereocenters. The second kappa shape index (κ2) is 3.56. The Morgan fingerprint density at radius 3 is 2.42 bits per heavy atom. The van der Waals surface area contributed by atoms with Crippen molar-refractivity contribution >= 4 is 11.9 Å². The largest absolute Gasteiger partial charge is 0.469 e. The highest BCUT2D eigenvalue weighted by molar-refractivity contribution is 5.87. The van der Waals surface area contributed by atoms with Gasteiger partial charge in [0.1, 0.15) is 0 Å². The predicted molar refractivity (Wildman–Crippen MR) is 40.2 cm³/mol. The van der Waals surface area contributed by atoms with Crippen LogP contribution in [0, 0.1) is 11.8 Å². The van der Waals surface area contributed by atoms with E-state index in [1.807, 2.05) is 0 Å². The van der Waals surface area contributed by atoms with Gasteiger partial charge in [-0.15, -0.1) is 0 Å². The van der Waals surface area contributed by atoms with E-state index < -0.39 is 0 Å². The molecule has 1 rings (SSSR count). The summed E-state index contributed by atoms with van der Waals surface area (Å²) in [6.45, 7) is 2.11. The summed E-state index contributed by atoms with van der Waals surface area (Å²) in [7, 11) is 1.32. The Morgan fingerprint density at radius 1 is 1.33 bits per heavy atom. The standard InChI is InChI=1S/C8H12O4/c1-3-12-8(10)6-4-5(6)7(9)11-2/h5-6H,3-4H2,1-2H3/t5-,6-/m0/s1. The Morgan fingerprint density at radius 2 is 1.92 bits per heavy atom. The molecule has 0 aromatic heterocycles. The minimum atomic E-state index is -0.312. The highest BCUT2D eigenvalue weighted by atomic mass is 16.5. The number of esters is 2. The molecule has 0 saturated heterocycles. The lowest BCUT2D eigenvalue weighted by molar-refractivity contribution is -0.149. The van der Waals surface area contributed by atoms with Gasteiger partial charge in [0.25, 0.3) is 0 Å². The predicted octanol–water partition coefficient (Wildman–Crippen LogP) is 0.359. The molecule has 1 saturated carbocycles. The van der Waals surface area contributed by atoms with Crippen LogP contribution in [0.15, 0.2) is 0 Å². The van der Waals surface area contributed by atoms with Crippen LogP contribution in [-0.2, 0) is 19.1 Å². The second-order valence-electron chi connectivity index (χ2n) is 2.72. The molecule has 0 N–H and O–H groups in total. The number of carbonyl (C=O) groups is 2. The fourth-order valence-electron chi connectivity index (χ4n) is 1.12. The lowest BCUT2D eigenvalue weighted by Gasteiger charge is -1.99. The van der Waals surface area contributed by atoms with E-state index in [2.05, 4.69) is 4.74 Å². The molecule has 68 valence electrons. The van der Waals surface area contributed by atoms with Gasteiger partial charge in [-0.3, -0.25) is 9.59 Å². The van der Waals surface area contributed by atoms with E-state index in [9.17, 15) is 9.59 Å². The third kappa shape index (κ3) is 1.75. The van der Waals surface area contributed by atoms with Crippen LogP contribution < -0.4 is 0 Å². The molecule has 4 nitrogen and oxygen atoms in total. The van der Waals surface area contributed by atoms with Gasteiger partial charge in [0, 0.05) is 0 Å². The van der Waals surface area contributed by atoms with Gasteiger partial charge in [-0.2, -0.15) is 0 Å². The fourth-order valence-corrected chi connectivity index (χ4v) is 1.12. The summed E-state index contributed by atoms with van der Waals surface area (Å²) in [6.07, 6.45) is 0.575. The zero-order chi connectivity index (χ0) is 9.14. The van der Waals surface area contributed by atoms with E-state index in [-0.39, 0.29) is 23.8 Å². The molecule has 1 aliphatic carbocycles. The Balaban J connectivity index is 2.32. The van der Waals surface area contributed by atoms with Crippen LogP contribution in [0.3, 0.4) is 0 Å². The minimum Gasteiger partial charge on any atom is -0.469 e. The minimum absolute atomic E-state index is 0.252. The fraction of sp³-hybridized carbons (Fsp3) is 0.750. The van der Waals surface area contributed by atoms with Gasteiger partial charge in [-0.1, -0.05) is 0 Å². The molecule has 1 fully saturated rings. The average Bonchev–Trinajstić information content (AvgIpc) is 2.82. The van der Waals surface area contributed by atoms with Crippen molar-refractivity contribution in [1.29, 1.82) is 0 Å². The first kappa shape index (κ1) is 9.03. The van der Waals surface area contributed by atoms with Gasteiger partial charge in [-0.25, -0.2) is 0 Å². The summed E-state index contributed by atoms with van der Waals surface area (Å²) in [5, 5.41) is 0. The number of rotatable bonds is 3. The number of hydrogen-bond acceptors (Lipinski definition) is 4. The molecule has 0 aromatic carbocycles. The lowest BCUT2D eigenvalue weighted by atomic mass is 10.3. The molecule has 0 amide bonds. The topological polar surface area (TPSA) is 52.6 Å². The number of methoxy groups -OCH3 is 1. The first-order valence-electron chi connectivity index (χ1n) is 3.95. The maximum absolute atomic E-state index is 11.0. The summed E-state index contributed by atoms with van der Waals surface area (Å²) in [6, 6.07) is 0. The van der Waals surface area contributed by atoms with Crippen molar-refractivity contribution < 1.29 is 19.1 Å². The van der Waals surface area contributed by atoms with Crippen molar-refractivity contribution in [2.24, 2.45) is 11.8 Å². The smallest absolute Gasteiger partial charge is 0.309 e. The highest BCUT2D eigenvalue weighted by Crippen LogP contribution is 2.40. The monoisotopic (exact) mass is 172 g/mol. The molecule has 4 heteroatoms. The number of hydrogen-bond donors (Lipinski definition) is 0. The summed E-state index contributed by atoms with van der Waals surface area (Å²) in [4.78, 5) is 21.9. The van der Waals surface area contributed by atoms with Crippen molar-refractivity contribution in [3.63, 3.8) is 0 Å². The quantitative estimate of drug-likeness (QED) is 0.577. The normalized spacial score (nSPS) is 26.2. The molecular formula is C8H12O4. The Hall–Kier alpha value is -1.06. The lowest BCUT2D eigenvalue weighted by Crippen LogP contribution is -2.12. The van der Waals surface area contributed by atoms with Crippen molar-refractivity contribution in [2.75, 3.05) is 13.7 Å². The van der Waals surface area contributed by atoms with E-state index in [1.54, 1.807) is 6.92 Å². The van der Waals surface area contributed by atoms with Crippen LogP contribution in [0.2, 0.25) is 0 Å². The SMILES string of the molecule is CCOC(=O)[C@H]1C[C@@H]1C(=O)OC. The van der Waals surface area contributed by atoms with Crippen LogP contribution >= 0.6 is 0 Å². The molecule has 0 bridgehead atoms. The highest BCUT2D eigenvalue weighted by Gasteiger charge is 2.49. The van der Waals surface area contributed by atoms with Gasteiger partial charge in [-0.05, 0) is 13.3 Å². The van der Waals surface area contributed by atoms with Gasteiger partial charge in [0.05, 0.1) is 25.6 Å². The van der Waals surface area contributed by atoms with Crippen molar-refractivity contribution in [2.45, 2.75) is 13.3 Å². The summed E-state index contributed by atoms with van der Waals surface area (Å²) in [5.41, 5.74) is 0. The zero-order valence-electron chi connectivity index (χ0n) is 7.20. The van der Waals surface area contributed by atoms with E-state index in [4.69, 9.17) is 4.74 Å². The van der Waals surface area contributed by atoms with E-state index in [1.165, 1.54) is 7.11 Å². The van der Waals surface area contributed by atoms with Gasteiger partial charge in [0.2, 0.25) is 0 Å². The van der Waals surface area contributed by atoms with Gasteiger partial charge in [0.15, 0.2) is 0 Å². The third-order valence-corrected chi connectivity index (χ3v) is 1.88. The molecular weight excluding hydrogens is 160 g/mol. The molecule has 0 unspecified atom stereocenters. The maximum atomic E-state index is 11.0.